The van der Waals surface area contributed by atoms with Crippen LogP contribution in [0.15, 0.2) is 24.7 Å². The average Bonchev–Trinajstić information content (AvgIpc) is 2.53. The minimum Gasteiger partial charge on any atom is -0.340 e. The Labute approximate surface area is 85.8 Å². The lowest BCUT2D eigenvalue weighted by Gasteiger charge is -2.13. The van der Waals surface area contributed by atoms with Gasteiger partial charge >= 0.3 is 0 Å². The lowest BCUT2D eigenvalue weighted by molar-refractivity contribution is 0.536. The molecule has 0 amide bonds. The van der Waals surface area contributed by atoms with Gasteiger partial charge in [0.1, 0.15) is 0 Å². The smallest absolute Gasteiger partial charge is 0.0947 e. The predicted octanol–water partition coefficient (Wildman–Crippen LogP) is 2.04. The summed E-state index contributed by atoms with van der Waals surface area (Å²) in [6.07, 6.45) is 5.99. The SMILES string of the molecule is C=C(C)CCC(NC)c1cn(C)cn1. The quantitative estimate of drug-likeness (QED) is 0.725. The van der Waals surface area contributed by atoms with Gasteiger partial charge in [0.2, 0.25) is 0 Å². The van der Waals surface area contributed by atoms with Gasteiger partial charge in [0.15, 0.2) is 0 Å². The van der Waals surface area contributed by atoms with Gasteiger partial charge in [-0.15, -0.1) is 6.58 Å². The first kappa shape index (κ1) is 11.0. The molecule has 3 heteroatoms. The lowest BCUT2D eigenvalue weighted by atomic mass is 10.1. The van der Waals surface area contributed by atoms with Gasteiger partial charge in [-0.1, -0.05) is 5.57 Å². The van der Waals surface area contributed by atoms with Gasteiger partial charge in [0, 0.05) is 13.2 Å². The van der Waals surface area contributed by atoms with Gasteiger partial charge in [-0.05, 0) is 26.8 Å². The molecule has 0 saturated heterocycles. The van der Waals surface area contributed by atoms with Gasteiger partial charge in [-0.2, -0.15) is 0 Å². The molecule has 0 aromatic carbocycles. The zero-order valence-corrected chi connectivity index (χ0v) is 9.25. The zero-order valence-electron chi connectivity index (χ0n) is 9.25. The van der Waals surface area contributed by atoms with Crippen molar-refractivity contribution >= 4 is 0 Å². The highest BCUT2D eigenvalue weighted by Crippen LogP contribution is 2.17. The first-order valence-corrected chi connectivity index (χ1v) is 4.93. The number of imidazole rings is 1. The lowest BCUT2D eigenvalue weighted by Crippen LogP contribution is -2.16. The van der Waals surface area contributed by atoms with Gasteiger partial charge in [-0.25, -0.2) is 4.98 Å². The molecule has 78 valence electrons. The maximum atomic E-state index is 4.34. The van der Waals surface area contributed by atoms with E-state index in [0.29, 0.717) is 6.04 Å². The molecule has 3 nitrogen and oxygen atoms in total. The molecule has 1 atom stereocenters. The van der Waals surface area contributed by atoms with Crippen molar-refractivity contribution in [2.45, 2.75) is 25.8 Å². The van der Waals surface area contributed by atoms with Crippen molar-refractivity contribution in [1.82, 2.24) is 14.9 Å². The third-order valence-electron chi connectivity index (χ3n) is 2.29. The number of nitrogens with zero attached hydrogens (tertiary/aromatic N) is 2. The maximum Gasteiger partial charge on any atom is 0.0947 e. The number of hydrogen-bond donors (Lipinski definition) is 1. The zero-order chi connectivity index (χ0) is 10.6. The summed E-state index contributed by atoms with van der Waals surface area (Å²) in [7, 11) is 3.96. The summed E-state index contributed by atoms with van der Waals surface area (Å²) >= 11 is 0. The van der Waals surface area contributed by atoms with Crippen molar-refractivity contribution in [3.05, 3.63) is 30.4 Å². The van der Waals surface area contributed by atoms with Crippen LogP contribution in [-0.4, -0.2) is 16.6 Å². The van der Waals surface area contributed by atoms with Crippen molar-refractivity contribution in [2.75, 3.05) is 7.05 Å². The van der Waals surface area contributed by atoms with E-state index in [1.807, 2.05) is 25.0 Å². The second-order valence-electron chi connectivity index (χ2n) is 3.80. The van der Waals surface area contributed by atoms with E-state index < -0.39 is 0 Å². The van der Waals surface area contributed by atoms with Gasteiger partial charge in [0.05, 0.1) is 18.1 Å². The van der Waals surface area contributed by atoms with Gasteiger partial charge in [-0.3, -0.25) is 0 Å². The summed E-state index contributed by atoms with van der Waals surface area (Å²) in [6, 6.07) is 0.341. The maximum absolute atomic E-state index is 4.34. The Morgan fingerprint density at radius 2 is 2.43 bits per heavy atom. The summed E-state index contributed by atoms with van der Waals surface area (Å²) in [6.45, 7) is 5.97. The molecule has 1 unspecified atom stereocenters. The number of aryl methyl sites for hydroxylation is 1. The van der Waals surface area contributed by atoms with Crippen molar-refractivity contribution in [3.63, 3.8) is 0 Å². The van der Waals surface area contributed by atoms with Crippen LogP contribution in [0.5, 0.6) is 0 Å². The van der Waals surface area contributed by atoms with Crippen LogP contribution in [0.1, 0.15) is 31.5 Å². The highest BCUT2D eigenvalue weighted by atomic mass is 15.0. The first-order valence-electron chi connectivity index (χ1n) is 4.93. The van der Waals surface area contributed by atoms with Crippen LogP contribution in [-0.2, 0) is 7.05 Å². The molecule has 0 saturated carbocycles. The highest BCUT2D eigenvalue weighted by Gasteiger charge is 2.10. The third-order valence-corrected chi connectivity index (χ3v) is 2.29. The molecular weight excluding hydrogens is 174 g/mol. The van der Waals surface area contributed by atoms with Crippen molar-refractivity contribution in [1.29, 1.82) is 0 Å². The molecule has 1 aromatic rings. The fourth-order valence-electron chi connectivity index (χ4n) is 1.44. The topological polar surface area (TPSA) is 29.9 Å². The minimum atomic E-state index is 0.341. The summed E-state index contributed by atoms with van der Waals surface area (Å²) in [4.78, 5) is 4.34. The van der Waals surface area contributed by atoms with Crippen LogP contribution in [0.25, 0.3) is 0 Å². The van der Waals surface area contributed by atoms with E-state index in [1.165, 1.54) is 5.57 Å². The number of rotatable bonds is 5. The second kappa shape index (κ2) is 4.96. The van der Waals surface area contributed by atoms with Crippen LogP contribution < -0.4 is 5.32 Å². The Hall–Kier alpha value is -1.09. The molecule has 14 heavy (non-hydrogen) atoms. The molecule has 0 aliphatic heterocycles. The molecule has 1 rings (SSSR count). The summed E-state index contributed by atoms with van der Waals surface area (Å²) in [5.74, 6) is 0. The molecule has 0 bridgehead atoms. The van der Waals surface area contributed by atoms with Crippen LogP contribution >= 0.6 is 0 Å². The fraction of sp³-hybridized carbons (Fsp3) is 0.545. The second-order valence-corrected chi connectivity index (χ2v) is 3.80. The number of hydrogen-bond acceptors (Lipinski definition) is 2. The summed E-state index contributed by atoms with van der Waals surface area (Å²) in [5.41, 5.74) is 2.33. The van der Waals surface area contributed by atoms with Crippen LogP contribution in [0, 0.1) is 0 Å². The molecule has 1 N–H and O–H groups in total. The Balaban J connectivity index is 2.58. The molecule has 0 aliphatic rings. The van der Waals surface area contributed by atoms with Crippen molar-refractivity contribution in [2.24, 2.45) is 7.05 Å². The predicted molar refractivity (Wildman–Crippen MR) is 59.1 cm³/mol. The first-order chi connectivity index (χ1) is 6.63. The Bertz CT molecular complexity index is 301. The largest absolute Gasteiger partial charge is 0.340 e. The van der Waals surface area contributed by atoms with Gasteiger partial charge in [0.25, 0.3) is 0 Å². The van der Waals surface area contributed by atoms with Crippen LogP contribution in [0.2, 0.25) is 0 Å². The molecule has 1 heterocycles. The minimum absolute atomic E-state index is 0.341. The van der Waals surface area contributed by atoms with E-state index in [2.05, 4.69) is 30.0 Å². The van der Waals surface area contributed by atoms with E-state index in [4.69, 9.17) is 0 Å². The van der Waals surface area contributed by atoms with E-state index in [9.17, 15) is 0 Å². The molecule has 0 fully saturated rings. The molecule has 0 aliphatic carbocycles. The third kappa shape index (κ3) is 3.00. The van der Waals surface area contributed by atoms with E-state index >= 15 is 0 Å². The molecule has 0 radical (unpaired) electrons. The molecular formula is C11H19N3. The Morgan fingerprint density at radius 1 is 1.71 bits per heavy atom. The number of allylic oxidation sites excluding steroid dienone is 1. The monoisotopic (exact) mass is 193 g/mol. The average molecular weight is 193 g/mol. The number of nitrogens with one attached hydrogen (secondary N) is 1. The molecule has 1 aromatic heterocycles. The van der Waals surface area contributed by atoms with Crippen molar-refractivity contribution < 1.29 is 0 Å². The highest BCUT2D eigenvalue weighted by molar-refractivity contribution is 5.04. The number of aromatic nitrogens is 2. The van der Waals surface area contributed by atoms with Gasteiger partial charge < -0.3 is 9.88 Å². The summed E-state index contributed by atoms with van der Waals surface area (Å²) in [5, 5.41) is 3.27. The Kier molecular flexibility index (Phi) is 3.89. The van der Waals surface area contributed by atoms with E-state index in [-0.39, 0.29) is 0 Å². The van der Waals surface area contributed by atoms with E-state index in [0.717, 1.165) is 18.5 Å². The normalized spacial score (nSPS) is 12.8. The summed E-state index contributed by atoms with van der Waals surface area (Å²) < 4.78 is 1.97. The van der Waals surface area contributed by atoms with Crippen LogP contribution in [0.4, 0.5) is 0 Å². The standard InChI is InChI=1S/C11H19N3/c1-9(2)5-6-10(12-3)11-7-14(4)8-13-11/h7-8,10,12H,1,5-6H2,2-4H3. The fourth-order valence-corrected chi connectivity index (χ4v) is 1.44. The van der Waals surface area contributed by atoms with E-state index in [1.54, 1.807) is 0 Å². The molecule has 0 spiro atoms. The Morgan fingerprint density at radius 3 is 2.86 bits per heavy atom. The van der Waals surface area contributed by atoms with Crippen molar-refractivity contribution in [3.8, 4) is 0 Å². The van der Waals surface area contributed by atoms with Crippen LogP contribution in [0.3, 0.4) is 0 Å².